The minimum atomic E-state index is -0.981. The van der Waals surface area contributed by atoms with E-state index < -0.39 is 18.2 Å². The van der Waals surface area contributed by atoms with Crippen molar-refractivity contribution in [2.24, 2.45) is 5.92 Å². The van der Waals surface area contributed by atoms with Crippen LogP contribution in [0.1, 0.15) is 25.7 Å². The maximum Gasteiger partial charge on any atom is 0.332 e. The van der Waals surface area contributed by atoms with Crippen molar-refractivity contribution in [3.8, 4) is 0 Å². The van der Waals surface area contributed by atoms with Gasteiger partial charge in [-0.25, -0.2) is 4.79 Å². The SMILES string of the molecule is CN1CCC(CNC(=O)C2CCC(C(=O)O)O2)CC1. The second-order valence-electron chi connectivity index (χ2n) is 5.52. The quantitative estimate of drug-likeness (QED) is 0.756. The molecule has 0 aliphatic carbocycles. The molecule has 0 saturated carbocycles. The third kappa shape index (κ3) is 3.91. The summed E-state index contributed by atoms with van der Waals surface area (Å²) in [4.78, 5) is 24.9. The molecule has 2 atom stereocenters. The van der Waals surface area contributed by atoms with E-state index in [0.717, 1.165) is 25.9 Å². The summed E-state index contributed by atoms with van der Waals surface area (Å²) >= 11 is 0. The van der Waals surface area contributed by atoms with Crippen LogP contribution in [0.5, 0.6) is 0 Å². The van der Waals surface area contributed by atoms with Crippen molar-refractivity contribution in [1.29, 1.82) is 0 Å². The number of carbonyl (C=O) groups excluding carboxylic acids is 1. The number of carboxylic acid groups (broad SMARTS) is 1. The monoisotopic (exact) mass is 270 g/mol. The lowest BCUT2D eigenvalue weighted by atomic mass is 9.97. The fraction of sp³-hybridized carbons (Fsp3) is 0.846. The number of likely N-dealkylation sites (tertiary alicyclic amines) is 1. The Morgan fingerprint density at radius 1 is 1.21 bits per heavy atom. The van der Waals surface area contributed by atoms with Crippen LogP contribution in [0.25, 0.3) is 0 Å². The molecule has 2 fully saturated rings. The fourth-order valence-electron chi connectivity index (χ4n) is 2.64. The third-order valence-electron chi connectivity index (χ3n) is 3.99. The Morgan fingerprint density at radius 2 is 1.84 bits per heavy atom. The molecule has 2 saturated heterocycles. The van der Waals surface area contributed by atoms with E-state index in [0.29, 0.717) is 25.3 Å². The summed E-state index contributed by atoms with van der Waals surface area (Å²) in [6.07, 6.45) is 1.70. The van der Waals surface area contributed by atoms with Crippen molar-refractivity contribution >= 4 is 11.9 Å². The first-order chi connectivity index (χ1) is 9.06. The topological polar surface area (TPSA) is 78.9 Å². The molecule has 6 nitrogen and oxygen atoms in total. The molecule has 2 aliphatic rings. The predicted molar refractivity (Wildman–Crippen MR) is 68.8 cm³/mol. The van der Waals surface area contributed by atoms with Crippen molar-refractivity contribution < 1.29 is 19.4 Å². The van der Waals surface area contributed by atoms with Gasteiger partial charge >= 0.3 is 5.97 Å². The van der Waals surface area contributed by atoms with Crippen LogP contribution in [0.2, 0.25) is 0 Å². The Kier molecular flexibility index (Phi) is 4.76. The van der Waals surface area contributed by atoms with Crippen molar-refractivity contribution in [3.63, 3.8) is 0 Å². The Balaban J connectivity index is 1.69. The molecule has 2 aliphatic heterocycles. The second-order valence-corrected chi connectivity index (χ2v) is 5.52. The summed E-state index contributed by atoms with van der Waals surface area (Å²) in [5, 5.41) is 11.7. The Labute approximate surface area is 113 Å². The predicted octanol–water partition coefficient (Wildman–Crippen LogP) is 0.0766. The van der Waals surface area contributed by atoms with Gasteiger partial charge in [0.05, 0.1) is 0 Å². The van der Waals surface area contributed by atoms with Crippen molar-refractivity contribution in [3.05, 3.63) is 0 Å². The standard InChI is InChI=1S/C13H22N2O4/c1-15-6-4-9(5-7-15)8-14-12(16)10-2-3-11(19-10)13(17)18/h9-11H,2-8H2,1H3,(H,14,16)(H,17,18). The molecule has 1 amide bonds. The summed E-state index contributed by atoms with van der Waals surface area (Å²) in [5.41, 5.74) is 0. The molecule has 0 spiro atoms. The lowest BCUT2D eigenvalue weighted by molar-refractivity contribution is -0.151. The van der Waals surface area contributed by atoms with Gasteiger partial charge in [0.15, 0.2) is 6.10 Å². The summed E-state index contributed by atoms with van der Waals surface area (Å²) in [7, 11) is 2.10. The lowest BCUT2D eigenvalue weighted by Crippen LogP contribution is -2.41. The van der Waals surface area contributed by atoms with Crippen molar-refractivity contribution in [2.75, 3.05) is 26.7 Å². The van der Waals surface area contributed by atoms with Crippen LogP contribution >= 0.6 is 0 Å². The van der Waals surface area contributed by atoms with Crippen LogP contribution in [-0.4, -0.2) is 60.8 Å². The van der Waals surface area contributed by atoms with E-state index in [1.54, 1.807) is 0 Å². The van der Waals surface area contributed by atoms with Gasteiger partial charge in [-0.05, 0) is 51.7 Å². The number of piperidine rings is 1. The van der Waals surface area contributed by atoms with Crippen LogP contribution in [0.15, 0.2) is 0 Å². The molecular formula is C13H22N2O4. The second kappa shape index (κ2) is 6.34. The molecule has 0 aromatic heterocycles. The van der Waals surface area contributed by atoms with Crippen molar-refractivity contribution in [2.45, 2.75) is 37.9 Å². The van der Waals surface area contributed by atoms with Gasteiger partial charge in [-0.15, -0.1) is 0 Å². The summed E-state index contributed by atoms with van der Waals surface area (Å²) in [6, 6.07) is 0. The molecule has 0 radical (unpaired) electrons. The minimum absolute atomic E-state index is 0.164. The zero-order valence-corrected chi connectivity index (χ0v) is 11.3. The van der Waals surface area contributed by atoms with Gasteiger partial charge in [-0.1, -0.05) is 0 Å². The lowest BCUT2D eigenvalue weighted by Gasteiger charge is -2.29. The van der Waals surface area contributed by atoms with Gasteiger partial charge in [-0.2, -0.15) is 0 Å². The minimum Gasteiger partial charge on any atom is -0.479 e. The van der Waals surface area contributed by atoms with Gasteiger partial charge in [0.2, 0.25) is 5.91 Å². The normalized spacial score (nSPS) is 29.3. The summed E-state index contributed by atoms with van der Waals surface area (Å²) in [5.74, 6) is -0.620. The van der Waals surface area contributed by atoms with Crippen LogP contribution in [0.4, 0.5) is 0 Å². The molecule has 2 unspecified atom stereocenters. The highest BCUT2D eigenvalue weighted by molar-refractivity contribution is 5.82. The Hall–Kier alpha value is -1.14. The van der Waals surface area contributed by atoms with Crippen LogP contribution in [-0.2, 0) is 14.3 Å². The first-order valence-electron chi connectivity index (χ1n) is 6.91. The highest BCUT2D eigenvalue weighted by Gasteiger charge is 2.34. The van der Waals surface area contributed by atoms with E-state index in [9.17, 15) is 9.59 Å². The number of carbonyl (C=O) groups is 2. The zero-order chi connectivity index (χ0) is 13.8. The first kappa shape index (κ1) is 14.3. The molecule has 0 aromatic carbocycles. The average molecular weight is 270 g/mol. The number of aliphatic carboxylic acids is 1. The zero-order valence-electron chi connectivity index (χ0n) is 11.3. The van der Waals surface area contributed by atoms with Crippen molar-refractivity contribution in [1.82, 2.24) is 10.2 Å². The van der Waals surface area contributed by atoms with E-state index in [1.807, 2.05) is 0 Å². The molecule has 2 heterocycles. The summed E-state index contributed by atoms with van der Waals surface area (Å²) < 4.78 is 5.22. The first-order valence-corrected chi connectivity index (χ1v) is 6.91. The maximum atomic E-state index is 11.9. The van der Waals surface area contributed by atoms with E-state index >= 15 is 0 Å². The molecule has 2 N–H and O–H groups in total. The fourth-order valence-corrected chi connectivity index (χ4v) is 2.64. The number of hydrogen-bond acceptors (Lipinski definition) is 4. The van der Waals surface area contributed by atoms with Gasteiger partial charge in [0.25, 0.3) is 0 Å². The Bertz CT molecular complexity index is 340. The number of rotatable bonds is 4. The molecule has 108 valence electrons. The van der Waals surface area contributed by atoms with Crippen LogP contribution in [0.3, 0.4) is 0 Å². The molecule has 19 heavy (non-hydrogen) atoms. The van der Waals surface area contributed by atoms with E-state index in [-0.39, 0.29) is 5.91 Å². The number of amides is 1. The summed E-state index contributed by atoms with van der Waals surface area (Å²) in [6.45, 7) is 2.81. The molecule has 0 aromatic rings. The smallest absolute Gasteiger partial charge is 0.332 e. The molecule has 0 bridgehead atoms. The van der Waals surface area contributed by atoms with E-state index in [1.165, 1.54) is 0 Å². The van der Waals surface area contributed by atoms with E-state index in [2.05, 4.69) is 17.3 Å². The number of ether oxygens (including phenoxy) is 1. The Morgan fingerprint density at radius 3 is 2.42 bits per heavy atom. The molecule has 6 heteroatoms. The largest absolute Gasteiger partial charge is 0.479 e. The average Bonchev–Trinajstić information content (AvgIpc) is 2.87. The van der Waals surface area contributed by atoms with Gasteiger partial charge in [-0.3, -0.25) is 4.79 Å². The highest BCUT2D eigenvalue weighted by atomic mass is 16.5. The van der Waals surface area contributed by atoms with E-state index in [4.69, 9.17) is 9.84 Å². The van der Waals surface area contributed by atoms with Gasteiger partial charge < -0.3 is 20.1 Å². The van der Waals surface area contributed by atoms with Crippen LogP contribution < -0.4 is 5.32 Å². The highest BCUT2D eigenvalue weighted by Crippen LogP contribution is 2.20. The molecule has 2 rings (SSSR count). The third-order valence-corrected chi connectivity index (χ3v) is 3.99. The number of hydrogen-bond donors (Lipinski definition) is 2. The molecular weight excluding hydrogens is 248 g/mol. The van der Waals surface area contributed by atoms with Crippen LogP contribution in [0, 0.1) is 5.92 Å². The number of carboxylic acids is 1. The number of nitrogens with one attached hydrogen (secondary N) is 1. The number of nitrogens with zero attached hydrogens (tertiary/aromatic N) is 1. The van der Waals surface area contributed by atoms with Gasteiger partial charge in [0.1, 0.15) is 6.10 Å². The van der Waals surface area contributed by atoms with Gasteiger partial charge in [0, 0.05) is 6.54 Å². The maximum absolute atomic E-state index is 11.9.